The zero-order chi connectivity index (χ0) is 15.4. The molecule has 2 aromatic carbocycles. The molecule has 110 valence electrons. The summed E-state index contributed by atoms with van der Waals surface area (Å²) in [6.07, 6.45) is 0. The van der Waals surface area contributed by atoms with Crippen molar-refractivity contribution < 1.29 is 0 Å². The van der Waals surface area contributed by atoms with Gasteiger partial charge in [-0.25, -0.2) is 0 Å². The van der Waals surface area contributed by atoms with Crippen molar-refractivity contribution in [3.05, 3.63) is 52.0 Å². The standard InChI is InChI=1S/C15H14Cl2N2S2/c1-2-21-13-5-3-4-12(14(13)15(18)20)19-9-6-7-10(16)11(17)8-9/h3-8,19H,2H2,1H3,(H2,18,20). The summed E-state index contributed by atoms with van der Waals surface area (Å²) >= 11 is 18.9. The van der Waals surface area contributed by atoms with E-state index in [1.165, 1.54) is 0 Å². The number of anilines is 2. The molecule has 0 aliphatic heterocycles. The Hall–Kier alpha value is -0.940. The predicted octanol–water partition coefficient (Wildman–Crippen LogP) is 5.48. The fraction of sp³-hybridized carbons (Fsp3) is 0.133. The van der Waals surface area contributed by atoms with E-state index in [2.05, 4.69) is 12.2 Å². The van der Waals surface area contributed by atoms with Crippen LogP contribution in [0, 0.1) is 0 Å². The van der Waals surface area contributed by atoms with Crippen LogP contribution < -0.4 is 11.1 Å². The number of thiocarbonyl (C=S) groups is 1. The van der Waals surface area contributed by atoms with E-state index in [1.54, 1.807) is 23.9 Å². The summed E-state index contributed by atoms with van der Waals surface area (Å²) < 4.78 is 0. The monoisotopic (exact) mass is 356 g/mol. The molecule has 0 saturated carbocycles. The van der Waals surface area contributed by atoms with Gasteiger partial charge in [-0.05, 0) is 36.1 Å². The molecule has 6 heteroatoms. The van der Waals surface area contributed by atoms with Gasteiger partial charge >= 0.3 is 0 Å². The first kappa shape index (κ1) is 16.4. The Morgan fingerprint density at radius 2 is 2.00 bits per heavy atom. The molecule has 0 aliphatic rings. The number of hydrogen-bond donors (Lipinski definition) is 2. The fourth-order valence-electron chi connectivity index (χ4n) is 1.89. The number of benzene rings is 2. The lowest BCUT2D eigenvalue weighted by Crippen LogP contribution is -2.13. The third-order valence-electron chi connectivity index (χ3n) is 2.77. The summed E-state index contributed by atoms with van der Waals surface area (Å²) in [5, 5.41) is 4.32. The maximum Gasteiger partial charge on any atom is 0.107 e. The molecule has 0 aromatic heterocycles. The summed E-state index contributed by atoms with van der Waals surface area (Å²) in [6, 6.07) is 11.3. The van der Waals surface area contributed by atoms with Gasteiger partial charge in [-0.2, -0.15) is 0 Å². The summed E-state index contributed by atoms with van der Waals surface area (Å²) in [7, 11) is 0. The molecule has 0 radical (unpaired) electrons. The van der Waals surface area contributed by atoms with Crippen molar-refractivity contribution in [2.24, 2.45) is 5.73 Å². The van der Waals surface area contributed by atoms with Crippen molar-refractivity contribution >= 4 is 63.5 Å². The molecule has 3 N–H and O–H groups in total. The highest BCUT2D eigenvalue weighted by Gasteiger charge is 2.12. The molecular formula is C15H14Cl2N2S2. The summed E-state index contributed by atoms with van der Waals surface area (Å²) in [5.41, 5.74) is 8.43. The zero-order valence-electron chi connectivity index (χ0n) is 11.3. The molecule has 0 bridgehead atoms. The normalized spacial score (nSPS) is 10.4. The molecule has 0 heterocycles. The van der Waals surface area contributed by atoms with Crippen molar-refractivity contribution in [2.75, 3.05) is 11.1 Å². The molecule has 0 saturated heterocycles. The molecule has 2 rings (SSSR count). The van der Waals surface area contributed by atoms with E-state index in [0.29, 0.717) is 15.0 Å². The lowest BCUT2D eigenvalue weighted by Gasteiger charge is -2.15. The van der Waals surface area contributed by atoms with E-state index >= 15 is 0 Å². The number of rotatable bonds is 5. The molecule has 21 heavy (non-hydrogen) atoms. The van der Waals surface area contributed by atoms with Crippen molar-refractivity contribution in [2.45, 2.75) is 11.8 Å². The van der Waals surface area contributed by atoms with Crippen molar-refractivity contribution in [3.8, 4) is 0 Å². The number of nitrogens with two attached hydrogens (primary N) is 1. The maximum atomic E-state index is 6.04. The third kappa shape index (κ3) is 4.04. The topological polar surface area (TPSA) is 38.0 Å². The van der Waals surface area contributed by atoms with Crippen LogP contribution in [-0.2, 0) is 0 Å². The van der Waals surface area contributed by atoms with Gasteiger partial charge in [0, 0.05) is 21.8 Å². The Balaban J connectivity index is 2.41. The number of hydrogen-bond acceptors (Lipinski definition) is 3. The van der Waals surface area contributed by atoms with E-state index in [1.807, 2.05) is 24.3 Å². The Morgan fingerprint density at radius 1 is 1.24 bits per heavy atom. The van der Waals surface area contributed by atoms with Crippen LogP contribution in [0.1, 0.15) is 12.5 Å². The summed E-state index contributed by atoms with van der Waals surface area (Å²) in [4.78, 5) is 1.43. The molecule has 0 amide bonds. The molecule has 0 spiro atoms. The predicted molar refractivity (Wildman–Crippen MR) is 98.5 cm³/mol. The lowest BCUT2D eigenvalue weighted by molar-refractivity contribution is 1.38. The van der Waals surface area contributed by atoms with Crippen molar-refractivity contribution in [1.29, 1.82) is 0 Å². The number of halogens is 2. The maximum absolute atomic E-state index is 6.04. The summed E-state index contributed by atoms with van der Waals surface area (Å²) in [6.45, 7) is 2.09. The first-order valence-corrected chi connectivity index (χ1v) is 8.45. The lowest BCUT2D eigenvalue weighted by atomic mass is 10.1. The molecule has 0 atom stereocenters. The second-order valence-corrected chi connectivity index (χ2v) is 6.79. The average Bonchev–Trinajstić information content (AvgIpc) is 2.43. The van der Waals surface area contributed by atoms with Crippen molar-refractivity contribution in [3.63, 3.8) is 0 Å². The first-order valence-electron chi connectivity index (χ1n) is 6.30. The Bertz CT molecular complexity index is 675. The fourth-order valence-corrected chi connectivity index (χ4v) is 3.33. The van der Waals surface area contributed by atoms with Gasteiger partial charge in [0.15, 0.2) is 0 Å². The van der Waals surface area contributed by atoms with Gasteiger partial charge in [-0.3, -0.25) is 0 Å². The smallest absolute Gasteiger partial charge is 0.107 e. The van der Waals surface area contributed by atoms with Gasteiger partial charge in [0.25, 0.3) is 0 Å². The van der Waals surface area contributed by atoms with Gasteiger partial charge < -0.3 is 11.1 Å². The second kappa shape index (κ2) is 7.36. The van der Waals surface area contributed by atoms with Gasteiger partial charge in [-0.1, -0.05) is 48.4 Å². The molecule has 0 fully saturated rings. The first-order chi connectivity index (χ1) is 10.0. The number of thioether (sulfide) groups is 1. The highest BCUT2D eigenvalue weighted by Crippen LogP contribution is 2.32. The molecule has 0 aliphatic carbocycles. The highest BCUT2D eigenvalue weighted by molar-refractivity contribution is 7.99. The van der Waals surface area contributed by atoms with Crippen LogP contribution in [0.4, 0.5) is 11.4 Å². The van der Waals surface area contributed by atoms with Gasteiger partial charge in [0.05, 0.1) is 10.0 Å². The van der Waals surface area contributed by atoms with Crippen molar-refractivity contribution in [1.82, 2.24) is 0 Å². The average molecular weight is 357 g/mol. The van der Waals surface area contributed by atoms with Crippen LogP contribution in [-0.4, -0.2) is 10.7 Å². The number of nitrogens with one attached hydrogen (secondary N) is 1. The largest absolute Gasteiger partial charge is 0.389 e. The summed E-state index contributed by atoms with van der Waals surface area (Å²) in [5.74, 6) is 0.950. The zero-order valence-corrected chi connectivity index (χ0v) is 14.5. The van der Waals surface area contributed by atoms with E-state index in [4.69, 9.17) is 41.2 Å². The molecule has 2 aromatic rings. The third-order valence-corrected chi connectivity index (χ3v) is 4.65. The second-order valence-electron chi connectivity index (χ2n) is 4.23. The minimum atomic E-state index is 0.370. The Labute approximate surface area is 144 Å². The Kier molecular flexibility index (Phi) is 5.76. The quantitative estimate of drug-likeness (QED) is 0.549. The van der Waals surface area contributed by atoms with Crippen LogP contribution >= 0.6 is 47.2 Å². The van der Waals surface area contributed by atoms with E-state index < -0.39 is 0 Å². The Morgan fingerprint density at radius 3 is 2.62 bits per heavy atom. The van der Waals surface area contributed by atoms with Crippen LogP contribution in [0.15, 0.2) is 41.3 Å². The van der Waals surface area contributed by atoms with Gasteiger partial charge in [0.1, 0.15) is 4.99 Å². The SMILES string of the molecule is CCSc1cccc(Nc2ccc(Cl)c(Cl)c2)c1C(N)=S. The van der Waals surface area contributed by atoms with Crippen LogP contribution in [0.25, 0.3) is 0 Å². The van der Waals surface area contributed by atoms with E-state index in [-0.39, 0.29) is 0 Å². The highest BCUT2D eigenvalue weighted by atomic mass is 35.5. The minimum Gasteiger partial charge on any atom is -0.389 e. The van der Waals surface area contributed by atoms with Crippen LogP contribution in [0.2, 0.25) is 10.0 Å². The molecular weight excluding hydrogens is 343 g/mol. The molecule has 0 unspecified atom stereocenters. The van der Waals surface area contributed by atoms with Gasteiger partial charge in [0.2, 0.25) is 0 Å². The van der Waals surface area contributed by atoms with E-state index in [0.717, 1.165) is 27.6 Å². The molecule has 2 nitrogen and oxygen atoms in total. The van der Waals surface area contributed by atoms with E-state index in [9.17, 15) is 0 Å². The van der Waals surface area contributed by atoms with Crippen LogP contribution in [0.5, 0.6) is 0 Å². The van der Waals surface area contributed by atoms with Crippen LogP contribution in [0.3, 0.4) is 0 Å². The van der Waals surface area contributed by atoms with Gasteiger partial charge in [-0.15, -0.1) is 11.8 Å². The minimum absolute atomic E-state index is 0.370.